The molecule has 8 rings (SSSR count). The lowest BCUT2D eigenvalue weighted by atomic mass is 9.94. The van der Waals surface area contributed by atoms with Crippen LogP contribution in [0.4, 0.5) is 4.39 Å². The minimum Gasteiger partial charge on any atom is -0.376 e. The molecular weight excluding hydrogens is 720 g/mol. The number of halogens is 1. The monoisotopic (exact) mass is 748 g/mol. The number of para-hydroxylation sites is 1. The third kappa shape index (κ3) is 6.40. The van der Waals surface area contributed by atoms with Crippen LogP contribution in [-0.2, 0) is 40.8 Å². The van der Waals surface area contributed by atoms with Crippen molar-refractivity contribution in [3.05, 3.63) is 181 Å². The van der Waals surface area contributed by atoms with Gasteiger partial charge in [-0.2, -0.15) is 0 Å². The van der Waals surface area contributed by atoms with Gasteiger partial charge in [-0.05, 0) is 109 Å². The topological polar surface area (TPSA) is 153 Å². The van der Waals surface area contributed by atoms with Crippen molar-refractivity contribution in [2.75, 3.05) is 0 Å². The number of allylic oxidation sites excluding steroid dienone is 4. The zero-order valence-corrected chi connectivity index (χ0v) is 29.2. The number of rotatable bonds is 6. The molecule has 0 unspecified atom stereocenters. The maximum atomic E-state index is 13.7. The summed E-state index contributed by atoms with van der Waals surface area (Å²) in [6.45, 7) is 0. The van der Waals surface area contributed by atoms with Crippen molar-refractivity contribution >= 4 is 53.4 Å². The molecule has 0 fully saturated rings. The average Bonchev–Trinajstić information content (AvgIpc) is 3.76. The zero-order valence-electron chi connectivity index (χ0n) is 27.5. The first-order chi connectivity index (χ1) is 25.2. The minimum absolute atomic E-state index is 0.00745. The summed E-state index contributed by atoms with van der Waals surface area (Å²) in [4.78, 5) is 23.0. The van der Waals surface area contributed by atoms with Gasteiger partial charge in [-0.1, -0.05) is 54.6 Å². The zero-order chi connectivity index (χ0) is 37.6. The molecule has 13 heteroatoms. The Hall–Kier alpha value is -5.99. The highest BCUT2D eigenvalue weighted by atomic mass is 32.2. The van der Waals surface area contributed by atoms with Gasteiger partial charge in [-0.3, -0.25) is 9.59 Å². The molecule has 4 aromatic carbocycles. The van der Waals surface area contributed by atoms with Gasteiger partial charge in [0.2, 0.25) is 0 Å². The first-order valence-electron chi connectivity index (χ1n) is 16.1. The number of carbonyl (C=O) groups is 2. The number of benzene rings is 4. The van der Waals surface area contributed by atoms with Crippen LogP contribution in [0.2, 0.25) is 0 Å². The summed E-state index contributed by atoms with van der Waals surface area (Å²) in [5.74, 6) is -1.11. The summed E-state index contributed by atoms with van der Waals surface area (Å²) in [7, 11) is -8.04. The predicted molar refractivity (Wildman–Crippen MR) is 196 cm³/mol. The molecule has 2 aliphatic rings. The van der Waals surface area contributed by atoms with Crippen molar-refractivity contribution in [3.8, 4) is 0 Å². The first-order valence-corrected chi connectivity index (χ1v) is 18.9. The van der Waals surface area contributed by atoms with Gasteiger partial charge in [0.05, 0.1) is 32.2 Å². The van der Waals surface area contributed by atoms with Crippen molar-refractivity contribution in [1.29, 1.82) is 0 Å². The second kappa shape index (κ2) is 13.2. The fourth-order valence-electron chi connectivity index (χ4n) is 6.16. The molecule has 0 aliphatic heterocycles. The molecule has 0 atom stereocenters. The number of aromatic nitrogens is 2. The molecule has 2 N–H and O–H groups in total. The van der Waals surface area contributed by atoms with E-state index in [0.29, 0.717) is 16.3 Å². The third-order valence-corrected chi connectivity index (χ3v) is 12.3. The van der Waals surface area contributed by atoms with Crippen LogP contribution in [0.1, 0.15) is 11.4 Å². The van der Waals surface area contributed by atoms with Gasteiger partial charge in [0.1, 0.15) is 17.0 Å². The van der Waals surface area contributed by atoms with Crippen LogP contribution in [0.25, 0.3) is 21.8 Å². The van der Waals surface area contributed by atoms with Gasteiger partial charge >= 0.3 is 0 Å². The Labute approximate surface area is 303 Å². The van der Waals surface area contributed by atoms with Gasteiger partial charge in [-0.15, -0.1) is 0 Å². The molecular formula is C40H29FN2O8S2. The van der Waals surface area contributed by atoms with Crippen LogP contribution in [0, 0.1) is 5.82 Å². The van der Waals surface area contributed by atoms with Crippen molar-refractivity contribution in [2.45, 2.75) is 21.0 Å². The van der Waals surface area contributed by atoms with Crippen LogP contribution >= 0.6 is 0 Å². The molecule has 10 nitrogen and oxygen atoms in total. The number of hydrogen-bond donors (Lipinski definition) is 2. The molecule has 2 aliphatic carbocycles. The fourth-order valence-corrected chi connectivity index (χ4v) is 9.35. The fraction of sp³-hybridized carbons (Fsp3) is 0.0500. The van der Waals surface area contributed by atoms with Crippen LogP contribution in [0.3, 0.4) is 0 Å². The Morgan fingerprint density at radius 2 is 0.887 bits per heavy atom. The normalized spacial score (nSPS) is 16.2. The third-order valence-electron chi connectivity index (χ3n) is 8.78. The number of aliphatic hydroxyl groups is 2. The summed E-state index contributed by atoms with van der Waals surface area (Å²) in [6, 6.07) is 29.5. The van der Waals surface area contributed by atoms with E-state index in [1.165, 1.54) is 78.9 Å². The summed E-state index contributed by atoms with van der Waals surface area (Å²) < 4.78 is 69.1. The van der Waals surface area contributed by atoms with E-state index in [9.17, 15) is 41.0 Å². The first kappa shape index (κ1) is 35.4. The van der Waals surface area contributed by atoms with Crippen molar-refractivity contribution < 1.29 is 41.0 Å². The van der Waals surface area contributed by atoms with Gasteiger partial charge in [0.15, 0.2) is 11.6 Å². The van der Waals surface area contributed by atoms with E-state index < -0.39 is 37.1 Å². The summed E-state index contributed by atoms with van der Waals surface area (Å²) in [6.07, 6.45) is 9.85. The smallest absolute Gasteiger partial charge is 0.268 e. The Kier molecular flexibility index (Phi) is 8.82. The average molecular weight is 749 g/mol. The molecule has 6 aromatic rings. The van der Waals surface area contributed by atoms with E-state index in [1.807, 2.05) is 0 Å². The van der Waals surface area contributed by atoms with Gasteiger partial charge in [-0.25, -0.2) is 29.2 Å². The number of fused-ring (bicyclic) bond motifs is 2. The minimum atomic E-state index is -4.09. The molecule has 0 bridgehead atoms. The Bertz CT molecular complexity index is 2750. The van der Waals surface area contributed by atoms with E-state index in [1.54, 1.807) is 66.7 Å². The van der Waals surface area contributed by atoms with Crippen molar-refractivity contribution in [1.82, 2.24) is 7.94 Å². The highest BCUT2D eigenvalue weighted by Gasteiger charge is 2.36. The Morgan fingerprint density at radius 3 is 1.36 bits per heavy atom. The molecule has 0 radical (unpaired) electrons. The lowest BCUT2D eigenvalue weighted by Gasteiger charge is -2.24. The quantitative estimate of drug-likeness (QED) is 0.221. The van der Waals surface area contributed by atoms with Crippen LogP contribution in [-0.4, -0.2) is 46.6 Å². The van der Waals surface area contributed by atoms with E-state index in [0.717, 1.165) is 26.2 Å². The summed E-state index contributed by atoms with van der Waals surface area (Å²) in [5, 5.41) is 23.0. The van der Waals surface area contributed by atoms with Crippen LogP contribution < -0.4 is 0 Å². The molecule has 2 aromatic heterocycles. The second-order valence-corrected chi connectivity index (χ2v) is 15.8. The SMILES string of the molecule is O=C1C=CC(O)(c2cc3cc(F)ccc3n2S(=O)(=O)c2ccccc2)C=C1.O=C1C=CC(O)(c2cc3ccccc3n2S(=O)(=O)c2ccccc2)C=C1. The maximum absolute atomic E-state index is 13.7. The number of hydrogen-bond acceptors (Lipinski definition) is 8. The highest BCUT2D eigenvalue weighted by molar-refractivity contribution is 7.90. The lowest BCUT2D eigenvalue weighted by Crippen LogP contribution is -2.29. The van der Waals surface area contributed by atoms with Crippen molar-refractivity contribution in [2.24, 2.45) is 0 Å². The number of nitrogens with zero attached hydrogens (tertiary/aromatic N) is 2. The molecule has 266 valence electrons. The molecule has 0 saturated carbocycles. The van der Waals surface area contributed by atoms with Crippen molar-refractivity contribution in [3.63, 3.8) is 0 Å². The van der Waals surface area contributed by atoms with E-state index >= 15 is 0 Å². The standard InChI is InChI=1S/C20H14FNO4S.C20H15NO4S/c21-15-6-7-18-14(12-15)13-19(20(24)10-8-16(23)9-11-20)22(18)27(25,26)17-4-2-1-3-5-17;22-16-10-12-20(23,13-11-16)19-14-15-6-4-5-9-18(15)21(19)26(24,25)17-7-2-1-3-8-17/h1-13,24H;1-14,23H. The van der Waals surface area contributed by atoms with Crippen LogP contribution in [0.15, 0.2) is 174 Å². The number of carbonyl (C=O) groups excluding carboxylic acids is 2. The molecule has 2 heterocycles. The van der Waals surface area contributed by atoms with Crippen LogP contribution in [0.5, 0.6) is 0 Å². The highest BCUT2D eigenvalue weighted by Crippen LogP contribution is 2.37. The molecule has 0 spiro atoms. The summed E-state index contributed by atoms with van der Waals surface area (Å²) >= 11 is 0. The number of ketones is 2. The molecule has 0 saturated heterocycles. The second-order valence-electron chi connectivity index (χ2n) is 12.3. The van der Waals surface area contributed by atoms with E-state index in [2.05, 4.69) is 0 Å². The van der Waals surface area contributed by atoms with Gasteiger partial charge in [0, 0.05) is 10.8 Å². The Balaban J connectivity index is 0.000000164. The molecule has 53 heavy (non-hydrogen) atoms. The maximum Gasteiger partial charge on any atom is 0.268 e. The predicted octanol–water partition coefficient (Wildman–Crippen LogP) is 5.66. The van der Waals surface area contributed by atoms with E-state index in [-0.39, 0.29) is 38.3 Å². The van der Waals surface area contributed by atoms with E-state index in [4.69, 9.17) is 0 Å². The largest absolute Gasteiger partial charge is 0.376 e. The molecule has 0 amide bonds. The summed E-state index contributed by atoms with van der Waals surface area (Å²) in [5.41, 5.74) is -2.70. The van der Waals surface area contributed by atoms with Gasteiger partial charge in [0.25, 0.3) is 20.0 Å². The van der Waals surface area contributed by atoms with Gasteiger partial charge < -0.3 is 10.2 Å². The Morgan fingerprint density at radius 1 is 0.491 bits per heavy atom. The lowest BCUT2D eigenvalue weighted by molar-refractivity contribution is -0.111.